The van der Waals surface area contributed by atoms with Crippen LogP contribution in [0, 0.1) is 11.6 Å². The molecule has 7 heteroatoms. The van der Waals surface area contributed by atoms with Crippen molar-refractivity contribution in [3.8, 4) is 5.75 Å². The van der Waals surface area contributed by atoms with Gasteiger partial charge in [-0.25, -0.2) is 23.1 Å². The van der Waals surface area contributed by atoms with Crippen molar-refractivity contribution in [3.05, 3.63) is 59.4 Å². The lowest BCUT2D eigenvalue weighted by molar-refractivity contribution is 0.245. The van der Waals surface area contributed by atoms with E-state index in [1.165, 1.54) is 23.8 Å². The van der Waals surface area contributed by atoms with Gasteiger partial charge in [-0.05, 0) is 29.8 Å². The van der Waals surface area contributed by atoms with Crippen molar-refractivity contribution in [2.75, 3.05) is 7.11 Å². The Morgan fingerprint density at radius 3 is 2.67 bits per heavy atom. The first-order valence-electron chi connectivity index (χ1n) is 7.38. The van der Waals surface area contributed by atoms with E-state index in [0.29, 0.717) is 22.4 Å². The summed E-state index contributed by atoms with van der Waals surface area (Å²) in [6.07, 6.45) is 0.229. The number of rotatable bonds is 3. The monoisotopic (exact) mass is 329 g/mol. The van der Waals surface area contributed by atoms with Crippen LogP contribution in [-0.4, -0.2) is 22.7 Å². The van der Waals surface area contributed by atoms with Gasteiger partial charge in [0.25, 0.3) is 0 Å². The highest BCUT2D eigenvalue weighted by atomic mass is 19.1. The molecule has 1 aliphatic heterocycles. The maximum absolute atomic E-state index is 13.9. The Hall–Kier alpha value is -2.96. The third kappa shape index (κ3) is 2.12. The number of amides is 1. The summed E-state index contributed by atoms with van der Waals surface area (Å²) >= 11 is 0. The molecule has 0 bridgehead atoms. The number of aromatic nitrogens is 2. The number of ether oxygens (including phenoxy) is 1. The van der Waals surface area contributed by atoms with Gasteiger partial charge in [-0.2, -0.15) is 0 Å². The van der Waals surface area contributed by atoms with Gasteiger partial charge in [0.15, 0.2) is 17.4 Å². The number of halogens is 2. The fraction of sp³-hybridized carbons (Fsp3) is 0.176. The van der Waals surface area contributed by atoms with Crippen LogP contribution in [0.4, 0.5) is 13.6 Å². The highest BCUT2D eigenvalue weighted by Crippen LogP contribution is 2.30. The zero-order chi connectivity index (χ0) is 16.8. The molecular weight excluding hydrogens is 316 g/mol. The lowest BCUT2D eigenvalue weighted by Gasteiger charge is -2.11. The Morgan fingerprint density at radius 2 is 1.96 bits per heavy atom. The van der Waals surface area contributed by atoms with E-state index >= 15 is 0 Å². The molecule has 1 unspecified atom stereocenters. The highest BCUT2D eigenvalue weighted by molar-refractivity contribution is 5.92. The molecule has 2 aromatic carbocycles. The summed E-state index contributed by atoms with van der Waals surface area (Å²) in [4.78, 5) is 16.7. The lowest BCUT2D eigenvalue weighted by atomic mass is 10.1. The second-order valence-electron chi connectivity index (χ2n) is 5.59. The van der Waals surface area contributed by atoms with Gasteiger partial charge < -0.3 is 10.1 Å². The second kappa shape index (κ2) is 5.30. The van der Waals surface area contributed by atoms with E-state index in [2.05, 4.69) is 15.0 Å². The zero-order valence-electron chi connectivity index (χ0n) is 12.7. The molecule has 0 saturated heterocycles. The number of carbonyl (C=O) groups excluding carboxylic acids is 1. The van der Waals surface area contributed by atoms with Crippen molar-refractivity contribution in [3.63, 3.8) is 0 Å². The topological polar surface area (TPSA) is 56.1 Å². The van der Waals surface area contributed by atoms with Crippen LogP contribution < -0.4 is 10.1 Å². The normalized spacial score (nSPS) is 16.3. The quantitative estimate of drug-likeness (QED) is 0.803. The molecule has 4 rings (SSSR count). The molecule has 1 aromatic heterocycles. The Balaban J connectivity index is 1.72. The largest absolute Gasteiger partial charge is 0.491 e. The summed E-state index contributed by atoms with van der Waals surface area (Å²) in [6, 6.07) is 8.96. The van der Waals surface area contributed by atoms with Gasteiger partial charge >= 0.3 is 6.03 Å². The summed E-state index contributed by atoms with van der Waals surface area (Å²) < 4.78 is 33.9. The van der Waals surface area contributed by atoms with Crippen LogP contribution in [0.25, 0.3) is 11.0 Å². The molecule has 3 aromatic rings. The first-order chi connectivity index (χ1) is 11.6. The van der Waals surface area contributed by atoms with Crippen LogP contribution in [0.2, 0.25) is 0 Å². The number of carbonyl (C=O) groups is 1. The molecule has 5 nitrogen and oxygen atoms in total. The second-order valence-corrected chi connectivity index (χ2v) is 5.59. The van der Waals surface area contributed by atoms with Crippen molar-refractivity contribution < 1.29 is 18.3 Å². The zero-order valence-corrected chi connectivity index (χ0v) is 12.7. The van der Waals surface area contributed by atoms with Crippen LogP contribution in [0.15, 0.2) is 36.4 Å². The number of imidazole rings is 1. The van der Waals surface area contributed by atoms with Crippen molar-refractivity contribution >= 4 is 17.1 Å². The van der Waals surface area contributed by atoms with Gasteiger partial charge in [0, 0.05) is 6.42 Å². The molecule has 24 heavy (non-hydrogen) atoms. The summed E-state index contributed by atoms with van der Waals surface area (Å²) in [5.41, 5.74) is 1.83. The van der Waals surface area contributed by atoms with E-state index in [-0.39, 0.29) is 12.5 Å². The summed E-state index contributed by atoms with van der Waals surface area (Å²) in [7, 11) is 1.21. The molecule has 2 heterocycles. The number of methoxy groups -OCH3 is 1. The summed E-state index contributed by atoms with van der Waals surface area (Å²) in [6.45, 7) is 0. The molecule has 0 fully saturated rings. The molecule has 0 aliphatic carbocycles. The molecule has 0 saturated carbocycles. The number of benzene rings is 2. The van der Waals surface area contributed by atoms with Gasteiger partial charge in [-0.15, -0.1) is 0 Å². The molecule has 1 N–H and O–H groups in total. The smallest absolute Gasteiger partial charge is 0.328 e. The molecule has 1 amide bonds. The van der Waals surface area contributed by atoms with E-state index < -0.39 is 23.4 Å². The molecule has 0 spiro atoms. The van der Waals surface area contributed by atoms with Crippen LogP contribution >= 0.6 is 0 Å². The fourth-order valence-electron chi connectivity index (χ4n) is 3.07. The summed E-state index contributed by atoms with van der Waals surface area (Å²) in [5, 5.41) is 2.79. The number of fused-ring (bicyclic) bond motifs is 3. The number of hydrogen-bond donors (Lipinski definition) is 1. The first kappa shape index (κ1) is 14.6. The number of nitrogens with zero attached hydrogens (tertiary/aromatic N) is 2. The van der Waals surface area contributed by atoms with Crippen LogP contribution in [-0.2, 0) is 6.42 Å². The fourth-order valence-corrected chi connectivity index (χ4v) is 3.07. The van der Waals surface area contributed by atoms with Crippen LogP contribution in [0.1, 0.15) is 17.4 Å². The van der Waals surface area contributed by atoms with E-state index in [1.807, 2.05) is 18.2 Å². The molecule has 1 atom stereocenters. The molecule has 1 aliphatic rings. The maximum atomic E-state index is 13.9. The minimum Gasteiger partial charge on any atom is -0.491 e. The third-order valence-electron chi connectivity index (χ3n) is 4.10. The average Bonchev–Trinajstić information content (AvgIpc) is 3.06. The standard InChI is InChI=1S/C17H13F2N3O2/c1-24-15-10(18)6-9(7-11(15)19)8-13-16-20-12-4-2-3-5-14(12)22(16)17(23)21-13/h2-7,13H,8H2,1H3,(H,21,23). The number of hydrogen-bond acceptors (Lipinski definition) is 3. The van der Waals surface area contributed by atoms with Gasteiger partial charge in [-0.3, -0.25) is 0 Å². The molecule has 122 valence electrons. The minimum atomic E-state index is -0.773. The first-order valence-corrected chi connectivity index (χ1v) is 7.38. The van der Waals surface area contributed by atoms with Crippen molar-refractivity contribution in [2.45, 2.75) is 12.5 Å². The Labute approximate surface area is 135 Å². The van der Waals surface area contributed by atoms with Gasteiger partial charge in [0.05, 0.1) is 24.2 Å². The maximum Gasteiger partial charge on any atom is 0.328 e. The van der Waals surface area contributed by atoms with E-state index in [4.69, 9.17) is 0 Å². The Morgan fingerprint density at radius 1 is 1.25 bits per heavy atom. The van der Waals surface area contributed by atoms with E-state index in [0.717, 1.165) is 0 Å². The van der Waals surface area contributed by atoms with E-state index in [9.17, 15) is 13.6 Å². The number of para-hydroxylation sites is 2. The number of nitrogens with one attached hydrogen (secondary N) is 1. The highest BCUT2D eigenvalue weighted by Gasteiger charge is 2.32. The average molecular weight is 329 g/mol. The molecule has 0 radical (unpaired) electrons. The van der Waals surface area contributed by atoms with Gasteiger partial charge in [0.1, 0.15) is 5.82 Å². The predicted molar refractivity (Wildman–Crippen MR) is 83.0 cm³/mol. The Kier molecular flexibility index (Phi) is 3.23. The Bertz CT molecular complexity index is 945. The SMILES string of the molecule is COc1c(F)cc(CC2NC(=O)n3c2nc2ccccc23)cc1F. The third-order valence-corrected chi connectivity index (χ3v) is 4.10. The minimum absolute atomic E-state index is 0.229. The van der Waals surface area contributed by atoms with Crippen LogP contribution in [0.5, 0.6) is 5.75 Å². The van der Waals surface area contributed by atoms with Crippen LogP contribution in [0.3, 0.4) is 0 Å². The van der Waals surface area contributed by atoms with Crippen molar-refractivity contribution in [2.24, 2.45) is 0 Å². The lowest BCUT2D eigenvalue weighted by Crippen LogP contribution is -2.22. The summed E-state index contributed by atoms with van der Waals surface area (Å²) in [5.74, 6) is -1.42. The van der Waals surface area contributed by atoms with Gasteiger partial charge in [0.2, 0.25) is 0 Å². The molecular formula is C17H13F2N3O2. The van der Waals surface area contributed by atoms with Crippen molar-refractivity contribution in [1.82, 2.24) is 14.9 Å². The van der Waals surface area contributed by atoms with E-state index in [1.54, 1.807) is 6.07 Å². The predicted octanol–water partition coefficient (Wildman–Crippen LogP) is 3.18. The van der Waals surface area contributed by atoms with Crippen molar-refractivity contribution in [1.29, 1.82) is 0 Å². The van der Waals surface area contributed by atoms with Gasteiger partial charge in [-0.1, -0.05) is 12.1 Å².